The number of aliphatic hydroxyl groups is 1. The Labute approximate surface area is 208 Å². The van der Waals surface area contributed by atoms with Crippen LogP contribution in [0.1, 0.15) is 26.4 Å². The molecular weight excluding hydrogens is 464 g/mol. The van der Waals surface area contributed by atoms with E-state index in [1.165, 1.54) is 0 Å². The van der Waals surface area contributed by atoms with Crippen LogP contribution in [0, 0.1) is 6.92 Å². The number of hydrogen-bond acceptors (Lipinski definition) is 6. The van der Waals surface area contributed by atoms with Crippen LogP contribution in [0.2, 0.25) is 0 Å². The molecule has 0 aliphatic rings. The number of carboxylic acids is 1. The highest BCUT2D eigenvalue weighted by atomic mass is 32.1. The Kier molecular flexibility index (Phi) is 8.03. The van der Waals surface area contributed by atoms with E-state index >= 15 is 0 Å². The number of aromatic carboxylic acids is 1. The molecule has 0 aliphatic carbocycles. The smallest absolute Gasteiger partial charge is 0.349 e. The van der Waals surface area contributed by atoms with Gasteiger partial charge in [-0.2, -0.15) is 0 Å². The van der Waals surface area contributed by atoms with Gasteiger partial charge in [-0.05, 0) is 41.8 Å². The topological polar surface area (TPSA) is 85.2 Å². The van der Waals surface area contributed by atoms with E-state index in [0.717, 1.165) is 32.9 Å². The molecule has 0 unspecified atom stereocenters. The summed E-state index contributed by atoms with van der Waals surface area (Å²) in [6, 6.07) is 25.3. The Morgan fingerprint density at radius 2 is 1.43 bits per heavy atom. The van der Waals surface area contributed by atoms with Crippen molar-refractivity contribution in [2.45, 2.75) is 20.1 Å². The molecule has 4 aromatic rings. The van der Waals surface area contributed by atoms with Crippen LogP contribution in [-0.2, 0) is 13.2 Å². The van der Waals surface area contributed by atoms with Crippen molar-refractivity contribution >= 4 is 17.3 Å². The molecule has 7 heteroatoms. The van der Waals surface area contributed by atoms with Crippen LogP contribution in [-0.4, -0.2) is 29.4 Å². The van der Waals surface area contributed by atoms with E-state index < -0.39 is 5.97 Å². The quantitative estimate of drug-likeness (QED) is 0.270. The van der Waals surface area contributed by atoms with Crippen molar-refractivity contribution in [2.75, 3.05) is 13.2 Å². The van der Waals surface area contributed by atoms with E-state index in [4.69, 9.17) is 19.3 Å². The van der Waals surface area contributed by atoms with E-state index in [-0.39, 0.29) is 23.8 Å². The standard InChI is InChI=1S/C28H26O6S/c1-19-25(32-15-14-29)27(28(30)31)35-26(19)22-12-13-23(33-17-20-8-4-2-5-9-20)24(16-22)34-18-21-10-6-3-7-11-21/h2-13,16,29H,14-15,17-18H2,1H3,(H,30,31). The summed E-state index contributed by atoms with van der Waals surface area (Å²) < 4.78 is 17.8. The lowest BCUT2D eigenvalue weighted by molar-refractivity contribution is 0.0696. The molecule has 1 aromatic heterocycles. The van der Waals surface area contributed by atoms with Gasteiger partial charge in [-0.25, -0.2) is 4.79 Å². The van der Waals surface area contributed by atoms with Crippen LogP contribution in [0.15, 0.2) is 78.9 Å². The van der Waals surface area contributed by atoms with Crippen molar-refractivity contribution in [3.8, 4) is 27.7 Å². The maximum absolute atomic E-state index is 11.8. The molecule has 35 heavy (non-hydrogen) atoms. The second kappa shape index (κ2) is 11.6. The summed E-state index contributed by atoms with van der Waals surface area (Å²) in [6.07, 6.45) is 0. The van der Waals surface area contributed by atoms with Gasteiger partial charge in [0, 0.05) is 10.4 Å². The maximum atomic E-state index is 11.8. The van der Waals surface area contributed by atoms with Crippen LogP contribution in [0.25, 0.3) is 10.4 Å². The van der Waals surface area contributed by atoms with E-state index in [1.807, 2.05) is 85.8 Å². The van der Waals surface area contributed by atoms with Crippen LogP contribution in [0.3, 0.4) is 0 Å². The van der Waals surface area contributed by atoms with E-state index in [2.05, 4.69) is 0 Å². The highest BCUT2D eigenvalue weighted by Crippen LogP contribution is 2.43. The van der Waals surface area contributed by atoms with Gasteiger partial charge >= 0.3 is 5.97 Å². The molecule has 4 rings (SSSR count). The van der Waals surface area contributed by atoms with Gasteiger partial charge in [-0.1, -0.05) is 60.7 Å². The predicted octanol–water partition coefficient (Wildman–Crippen LogP) is 5.95. The monoisotopic (exact) mass is 490 g/mol. The second-order valence-corrected chi connectivity index (χ2v) is 8.82. The summed E-state index contributed by atoms with van der Waals surface area (Å²) in [4.78, 5) is 12.7. The first-order valence-corrected chi connectivity index (χ1v) is 12.0. The van der Waals surface area contributed by atoms with Crippen LogP contribution in [0.4, 0.5) is 0 Å². The second-order valence-electron chi connectivity index (χ2n) is 7.80. The number of benzene rings is 3. The molecule has 0 saturated carbocycles. The van der Waals surface area contributed by atoms with Gasteiger partial charge in [0.05, 0.1) is 6.61 Å². The minimum atomic E-state index is -1.07. The Morgan fingerprint density at radius 3 is 2.00 bits per heavy atom. The number of ether oxygens (including phenoxy) is 3. The highest BCUT2D eigenvalue weighted by Gasteiger charge is 2.23. The molecule has 0 aliphatic heterocycles. The van der Waals surface area contributed by atoms with Crippen molar-refractivity contribution in [2.24, 2.45) is 0 Å². The SMILES string of the molecule is Cc1c(-c2ccc(OCc3ccccc3)c(OCc3ccccc3)c2)sc(C(=O)O)c1OCCO. The number of hydrogen-bond donors (Lipinski definition) is 2. The maximum Gasteiger partial charge on any atom is 0.349 e. The summed E-state index contributed by atoms with van der Waals surface area (Å²) in [5, 5.41) is 18.8. The normalized spacial score (nSPS) is 10.7. The van der Waals surface area contributed by atoms with Gasteiger partial charge < -0.3 is 24.4 Å². The molecule has 0 saturated heterocycles. The van der Waals surface area contributed by atoms with E-state index in [1.54, 1.807) is 0 Å². The number of carboxylic acid groups (broad SMARTS) is 1. The third kappa shape index (κ3) is 6.01. The lowest BCUT2D eigenvalue weighted by atomic mass is 10.1. The first kappa shape index (κ1) is 24.3. The molecule has 1 heterocycles. The Bertz CT molecular complexity index is 1270. The lowest BCUT2D eigenvalue weighted by Gasteiger charge is -2.15. The molecule has 3 aromatic carbocycles. The molecule has 0 radical (unpaired) electrons. The van der Waals surface area contributed by atoms with E-state index in [0.29, 0.717) is 30.3 Å². The third-order valence-electron chi connectivity index (χ3n) is 5.30. The average molecular weight is 491 g/mol. The zero-order valence-corrected chi connectivity index (χ0v) is 20.1. The van der Waals surface area contributed by atoms with E-state index in [9.17, 15) is 9.90 Å². The molecule has 2 N–H and O–H groups in total. The first-order chi connectivity index (χ1) is 17.1. The summed E-state index contributed by atoms with van der Waals surface area (Å²) in [6.45, 7) is 2.39. The summed E-state index contributed by atoms with van der Waals surface area (Å²) in [5.41, 5.74) is 3.56. The fourth-order valence-corrected chi connectivity index (χ4v) is 4.67. The third-order valence-corrected chi connectivity index (χ3v) is 6.61. The summed E-state index contributed by atoms with van der Waals surface area (Å²) in [7, 11) is 0. The summed E-state index contributed by atoms with van der Waals surface area (Å²) in [5.74, 6) is 0.367. The average Bonchev–Trinajstić information content (AvgIpc) is 3.22. The molecule has 0 spiro atoms. The Balaban J connectivity index is 1.67. The van der Waals surface area contributed by atoms with Gasteiger partial charge in [-0.15, -0.1) is 11.3 Å². The zero-order chi connectivity index (χ0) is 24.6. The number of rotatable bonds is 11. The molecule has 0 fully saturated rings. The molecule has 0 bridgehead atoms. The predicted molar refractivity (Wildman–Crippen MR) is 136 cm³/mol. The van der Waals surface area contributed by atoms with Crippen molar-refractivity contribution in [3.05, 3.63) is 100 Å². The fraction of sp³-hybridized carbons (Fsp3) is 0.179. The number of thiophene rings is 1. The van der Waals surface area contributed by atoms with Gasteiger partial charge in [0.2, 0.25) is 0 Å². The van der Waals surface area contributed by atoms with Crippen LogP contribution < -0.4 is 14.2 Å². The first-order valence-electron chi connectivity index (χ1n) is 11.1. The van der Waals surface area contributed by atoms with Gasteiger partial charge in [0.25, 0.3) is 0 Å². The van der Waals surface area contributed by atoms with Crippen LogP contribution >= 0.6 is 11.3 Å². The van der Waals surface area contributed by atoms with Crippen molar-refractivity contribution in [3.63, 3.8) is 0 Å². The summed E-state index contributed by atoms with van der Waals surface area (Å²) >= 11 is 1.13. The molecule has 180 valence electrons. The lowest BCUT2D eigenvalue weighted by Crippen LogP contribution is -2.05. The molecular formula is C28H26O6S. The van der Waals surface area contributed by atoms with Gasteiger partial charge in [-0.3, -0.25) is 0 Å². The minimum absolute atomic E-state index is 0.0228. The zero-order valence-electron chi connectivity index (χ0n) is 19.3. The molecule has 6 nitrogen and oxygen atoms in total. The Hall–Kier alpha value is -3.81. The molecule has 0 amide bonds. The number of carbonyl (C=O) groups is 1. The van der Waals surface area contributed by atoms with Crippen molar-refractivity contribution in [1.29, 1.82) is 0 Å². The Morgan fingerprint density at radius 1 is 0.829 bits per heavy atom. The number of aliphatic hydroxyl groups excluding tert-OH is 1. The molecule has 0 atom stereocenters. The highest BCUT2D eigenvalue weighted by molar-refractivity contribution is 7.18. The van der Waals surface area contributed by atoms with Crippen LogP contribution in [0.5, 0.6) is 17.2 Å². The fourth-order valence-electron chi connectivity index (χ4n) is 3.59. The van der Waals surface area contributed by atoms with Crippen molar-refractivity contribution < 1.29 is 29.2 Å². The minimum Gasteiger partial charge on any atom is -0.489 e. The largest absolute Gasteiger partial charge is 0.489 e. The van der Waals surface area contributed by atoms with Gasteiger partial charge in [0.1, 0.15) is 25.6 Å². The van der Waals surface area contributed by atoms with Crippen molar-refractivity contribution in [1.82, 2.24) is 0 Å². The van der Waals surface area contributed by atoms with Gasteiger partial charge in [0.15, 0.2) is 16.4 Å².